The van der Waals surface area contributed by atoms with Gasteiger partial charge >= 0.3 is 0 Å². The standard InChI is InChI=1S/C11H24N2O/c1-5-11(6-12-4)13-7-9(2)14-10(3)8-13/h9-12H,5-8H2,1-4H3. The monoisotopic (exact) mass is 200 g/mol. The third kappa shape index (κ3) is 3.23. The van der Waals surface area contributed by atoms with Crippen LogP contribution in [0.3, 0.4) is 0 Å². The van der Waals surface area contributed by atoms with Gasteiger partial charge in [0.1, 0.15) is 0 Å². The molecule has 0 radical (unpaired) electrons. The summed E-state index contributed by atoms with van der Waals surface area (Å²) < 4.78 is 5.73. The minimum atomic E-state index is 0.379. The molecule has 0 spiro atoms. The maximum Gasteiger partial charge on any atom is 0.0678 e. The smallest absolute Gasteiger partial charge is 0.0678 e. The zero-order valence-electron chi connectivity index (χ0n) is 9.92. The fourth-order valence-electron chi connectivity index (χ4n) is 2.28. The summed E-state index contributed by atoms with van der Waals surface area (Å²) in [6.07, 6.45) is 1.97. The first-order valence-corrected chi connectivity index (χ1v) is 5.71. The molecule has 3 unspecified atom stereocenters. The van der Waals surface area contributed by atoms with E-state index in [2.05, 4.69) is 31.0 Å². The molecule has 1 saturated heterocycles. The first-order valence-electron chi connectivity index (χ1n) is 5.71. The van der Waals surface area contributed by atoms with Gasteiger partial charge < -0.3 is 10.1 Å². The number of hydrogen-bond acceptors (Lipinski definition) is 3. The average Bonchev–Trinajstić information content (AvgIpc) is 2.12. The average molecular weight is 200 g/mol. The number of likely N-dealkylation sites (N-methyl/N-ethyl adjacent to an activating group) is 1. The number of ether oxygens (including phenoxy) is 1. The summed E-state index contributed by atoms with van der Waals surface area (Å²) in [5.41, 5.74) is 0. The molecule has 3 atom stereocenters. The predicted molar refractivity (Wildman–Crippen MR) is 59.6 cm³/mol. The molecule has 0 aromatic heterocycles. The van der Waals surface area contributed by atoms with E-state index < -0.39 is 0 Å². The summed E-state index contributed by atoms with van der Waals surface area (Å²) >= 11 is 0. The molecule has 0 amide bonds. The minimum Gasteiger partial charge on any atom is -0.373 e. The Morgan fingerprint density at radius 3 is 2.36 bits per heavy atom. The molecule has 0 saturated carbocycles. The van der Waals surface area contributed by atoms with Crippen LogP contribution in [0.5, 0.6) is 0 Å². The van der Waals surface area contributed by atoms with Crippen molar-refractivity contribution in [2.75, 3.05) is 26.7 Å². The second-order valence-electron chi connectivity index (χ2n) is 4.33. The van der Waals surface area contributed by atoms with Crippen LogP contribution < -0.4 is 5.32 Å². The molecule has 14 heavy (non-hydrogen) atoms. The third-order valence-electron chi connectivity index (χ3n) is 2.88. The Morgan fingerprint density at radius 2 is 1.93 bits per heavy atom. The van der Waals surface area contributed by atoms with Crippen LogP contribution in [0.1, 0.15) is 27.2 Å². The molecule has 1 heterocycles. The lowest BCUT2D eigenvalue weighted by atomic mass is 10.1. The summed E-state index contributed by atoms with van der Waals surface area (Å²) in [6.45, 7) is 9.81. The predicted octanol–water partition coefficient (Wildman–Crippen LogP) is 1.09. The van der Waals surface area contributed by atoms with Crippen LogP contribution >= 0.6 is 0 Å². The number of rotatable bonds is 4. The maximum atomic E-state index is 5.73. The Morgan fingerprint density at radius 1 is 1.36 bits per heavy atom. The summed E-state index contributed by atoms with van der Waals surface area (Å²) in [5.74, 6) is 0. The maximum absolute atomic E-state index is 5.73. The van der Waals surface area contributed by atoms with Crippen molar-refractivity contribution in [2.45, 2.75) is 45.4 Å². The van der Waals surface area contributed by atoms with Gasteiger partial charge in [0.25, 0.3) is 0 Å². The number of hydrogen-bond donors (Lipinski definition) is 1. The van der Waals surface area contributed by atoms with Crippen molar-refractivity contribution in [1.29, 1.82) is 0 Å². The van der Waals surface area contributed by atoms with Crippen molar-refractivity contribution in [2.24, 2.45) is 0 Å². The van der Waals surface area contributed by atoms with Crippen molar-refractivity contribution in [3.63, 3.8) is 0 Å². The van der Waals surface area contributed by atoms with Gasteiger partial charge in [0.05, 0.1) is 12.2 Å². The van der Waals surface area contributed by atoms with E-state index in [1.807, 2.05) is 7.05 Å². The number of nitrogens with zero attached hydrogens (tertiary/aromatic N) is 1. The molecule has 1 aliphatic heterocycles. The van der Waals surface area contributed by atoms with Crippen molar-refractivity contribution in [1.82, 2.24) is 10.2 Å². The minimum absolute atomic E-state index is 0.379. The lowest BCUT2D eigenvalue weighted by molar-refractivity contribution is -0.0802. The first-order chi connectivity index (χ1) is 6.67. The quantitative estimate of drug-likeness (QED) is 0.735. The van der Waals surface area contributed by atoms with Gasteiger partial charge in [-0.3, -0.25) is 4.90 Å². The van der Waals surface area contributed by atoms with Gasteiger partial charge in [-0.25, -0.2) is 0 Å². The van der Waals surface area contributed by atoms with Gasteiger partial charge in [-0.1, -0.05) is 6.92 Å². The molecule has 1 aliphatic rings. The number of nitrogens with one attached hydrogen (secondary N) is 1. The van der Waals surface area contributed by atoms with E-state index in [1.165, 1.54) is 6.42 Å². The Balaban J connectivity index is 2.47. The largest absolute Gasteiger partial charge is 0.373 e. The zero-order chi connectivity index (χ0) is 10.6. The van der Waals surface area contributed by atoms with Gasteiger partial charge in [-0.05, 0) is 27.3 Å². The fraction of sp³-hybridized carbons (Fsp3) is 1.00. The van der Waals surface area contributed by atoms with E-state index in [-0.39, 0.29) is 0 Å². The second-order valence-corrected chi connectivity index (χ2v) is 4.33. The van der Waals surface area contributed by atoms with E-state index in [9.17, 15) is 0 Å². The highest BCUT2D eigenvalue weighted by molar-refractivity contribution is 4.80. The Bertz CT molecular complexity index is 153. The molecular formula is C11H24N2O. The van der Waals surface area contributed by atoms with Crippen LogP contribution in [0.4, 0.5) is 0 Å². The lowest BCUT2D eigenvalue weighted by Crippen LogP contribution is -2.52. The third-order valence-corrected chi connectivity index (χ3v) is 2.88. The number of morpholine rings is 1. The van der Waals surface area contributed by atoms with Crippen LogP contribution in [-0.4, -0.2) is 49.8 Å². The Hall–Kier alpha value is -0.120. The normalized spacial score (nSPS) is 31.7. The van der Waals surface area contributed by atoms with Crippen LogP contribution in [0.25, 0.3) is 0 Å². The highest BCUT2D eigenvalue weighted by atomic mass is 16.5. The Labute approximate surface area is 87.8 Å². The van der Waals surface area contributed by atoms with E-state index in [0.29, 0.717) is 18.2 Å². The molecule has 3 heteroatoms. The Kier molecular flexibility index (Phi) is 4.85. The molecule has 1 fully saturated rings. The van der Waals surface area contributed by atoms with Gasteiger partial charge in [-0.15, -0.1) is 0 Å². The molecule has 84 valence electrons. The second kappa shape index (κ2) is 5.69. The lowest BCUT2D eigenvalue weighted by Gasteiger charge is -2.40. The fourth-order valence-corrected chi connectivity index (χ4v) is 2.28. The van der Waals surface area contributed by atoms with Crippen molar-refractivity contribution >= 4 is 0 Å². The summed E-state index contributed by atoms with van der Waals surface area (Å²) in [7, 11) is 2.02. The van der Waals surface area contributed by atoms with Gasteiger partial charge in [0, 0.05) is 25.7 Å². The van der Waals surface area contributed by atoms with Gasteiger partial charge in [0.2, 0.25) is 0 Å². The van der Waals surface area contributed by atoms with Crippen molar-refractivity contribution < 1.29 is 4.74 Å². The van der Waals surface area contributed by atoms with E-state index in [0.717, 1.165) is 19.6 Å². The zero-order valence-corrected chi connectivity index (χ0v) is 9.92. The molecule has 0 aromatic carbocycles. The highest BCUT2D eigenvalue weighted by Gasteiger charge is 2.26. The summed E-state index contributed by atoms with van der Waals surface area (Å²) in [5, 5.41) is 3.26. The molecule has 0 aliphatic carbocycles. The molecule has 3 nitrogen and oxygen atoms in total. The van der Waals surface area contributed by atoms with Crippen LogP contribution in [-0.2, 0) is 4.74 Å². The van der Waals surface area contributed by atoms with E-state index in [1.54, 1.807) is 0 Å². The van der Waals surface area contributed by atoms with E-state index in [4.69, 9.17) is 4.74 Å². The van der Waals surface area contributed by atoms with Crippen LogP contribution in [0.15, 0.2) is 0 Å². The topological polar surface area (TPSA) is 24.5 Å². The molecule has 1 rings (SSSR count). The molecule has 1 N–H and O–H groups in total. The van der Waals surface area contributed by atoms with Crippen molar-refractivity contribution in [3.8, 4) is 0 Å². The van der Waals surface area contributed by atoms with Crippen molar-refractivity contribution in [3.05, 3.63) is 0 Å². The van der Waals surface area contributed by atoms with Gasteiger partial charge in [0.15, 0.2) is 0 Å². The summed E-state index contributed by atoms with van der Waals surface area (Å²) in [6, 6.07) is 0.661. The SMILES string of the molecule is CCC(CNC)N1CC(C)OC(C)C1. The van der Waals surface area contributed by atoms with Gasteiger partial charge in [-0.2, -0.15) is 0 Å². The summed E-state index contributed by atoms with van der Waals surface area (Å²) in [4.78, 5) is 2.55. The van der Waals surface area contributed by atoms with Crippen LogP contribution in [0, 0.1) is 0 Å². The molecule has 0 aromatic rings. The first kappa shape index (κ1) is 12.0. The molecular weight excluding hydrogens is 176 g/mol. The highest BCUT2D eigenvalue weighted by Crippen LogP contribution is 2.14. The van der Waals surface area contributed by atoms with E-state index >= 15 is 0 Å². The van der Waals surface area contributed by atoms with Crippen LogP contribution in [0.2, 0.25) is 0 Å². The molecule has 0 bridgehead atoms.